The molecule has 26 heavy (non-hydrogen) atoms. The maximum atomic E-state index is 12.3. The Morgan fingerprint density at radius 2 is 1.96 bits per heavy atom. The number of amides is 1. The molecule has 0 saturated heterocycles. The summed E-state index contributed by atoms with van der Waals surface area (Å²) < 4.78 is 35.1. The van der Waals surface area contributed by atoms with Crippen molar-refractivity contribution in [3.8, 4) is 0 Å². The molecule has 146 valence electrons. The zero-order valence-electron chi connectivity index (χ0n) is 14.8. The number of nitrogens with zero attached hydrogens (tertiary/aromatic N) is 1. The highest BCUT2D eigenvalue weighted by Crippen LogP contribution is 2.25. The molecule has 1 aromatic carbocycles. The van der Waals surface area contributed by atoms with Gasteiger partial charge in [0.2, 0.25) is 0 Å². The summed E-state index contributed by atoms with van der Waals surface area (Å²) in [4.78, 5) is 28.4. The lowest BCUT2D eigenvalue weighted by molar-refractivity contribution is -0.129. The summed E-state index contributed by atoms with van der Waals surface area (Å²) in [5.74, 6) is -1.37. The number of hydrogen-bond donors (Lipinski definition) is 1. The number of hydrogen-bond acceptors (Lipinski definition) is 7. The molecule has 11 heteroatoms. The predicted molar refractivity (Wildman–Crippen MR) is 93.2 cm³/mol. The Kier molecular flexibility index (Phi) is 8.44. The van der Waals surface area contributed by atoms with Gasteiger partial charge in [0.05, 0.1) is 24.3 Å². The van der Waals surface area contributed by atoms with E-state index in [4.69, 9.17) is 21.1 Å². The summed E-state index contributed by atoms with van der Waals surface area (Å²) in [5, 5.41) is 2.44. The van der Waals surface area contributed by atoms with Gasteiger partial charge < -0.3 is 14.8 Å². The second-order valence-corrected chi connectivity index (χ2v) is 7.39. The van der Waals surface area contributed by atoms with E-state index in [0.29, 0.717) is 11.1 Å². The quantitative estimate of drug-likeness (QED) is 0.366. The van der Waals surface area contributed by atoms with Crippen molar-refractivity contribution in [3.63, 3.8) is 0 Å². The highest BCUT2D eigenvalue weighted by Gasteiger charge is 2.26. The molecule has 0 aliphatic carbocycles. The number of carbonyl (C=O) groups excluding carboxylic acids is 2. The van der Waals surface area contributed by atoms with Crippen molar-refractivity contribution in [2.75, 3.05) is 34.4 Å². The maximum absolute atomic E-state index is 12.3. The van der Waals surface area contributed by atoms with Crippen molar-refractivity contribution in [1.82, 2.24) is 9.79 Å². The van der Waals surface area contributed by atoms with Crippen LogP contribution in [-0.2, 0) is 29.1 Å². The smallest absolute Gasteiger partial charge is 0.338 e. The van der Waals surface area contributed by atoms with E-state index in [-0.39, 0.29) is 22.0 Å². The molecule has 1 atom stereocenters. The molecule has 1 amide bonds. The van der Waals surface area contributed by atoms with Gasteiger partial charge in [-0.1, -0.05) is 16.1 Å². The lowest BCUT2D eigenvalue weighted by Crippen LogP contribution is -2.37. The van der Waals surface area contributed by atoms with Crippen molar-refractivity contribution in [2.24, 2.45) is 0 Å². The van der Waals surface area contributed by atoms with Crippen LogP contribution < -0.4 is 5.32 Å². The minimum Gasteiger partial charge on any atom is -0.449 e. The standard InChI is InChI=1S/C15H21ClN2O7S/c1-10(14(19)17-7-8-23-3)25-15(20)11-5-6-12(16)13(9-11)26(21,22)18(2)24-4/h5-6,9-10H,7-8H2,1-4H3,(H,17,19)/t10-/m1/s1. The van der Waals surface area contributed by atoms with Gasteiger partial charge in [-0.25, -0.2) is 13.2 Å². The Labute approximate surface area is 157 Å². The fraction of sp³-hybridized carbons (Fsp3) is 0.467. The van der Waals surface area contributed by atoms with Crippen LogP contribution in [0.1, 0.15) is 17.3 Å². The van der Waals surface area contributed by atoms with Gasteiger partial charge in [-0.05, 0) is 25.1 Å². The van der Waals surface area contributed by atoms with Crippen molar-refractivity contribution in [1.29, 1.82) is 0 Å². The Hall–Kier alpha value is -1.72. The second kappa shape index (κ2) is 9.83. The normalized spacial score (nSPS) is 12.7. The number of rotatable bonds is 9. The zero-order chi connectivity index (χ0) is 19.9. The highest BCUT2D eigenvalue weighted by molar-refractivity contribution is 7.89. The molecule has 9 nitrogen and oxygen atoms in total. The van der Waals surface area contributed by atoms with Crippen LogP contribution in [0.5, 0.6) is 0 Å². The van der Waals surface area contributed by atoms with Crippen molar-refractivity contribution in [2.45, 2.75) is 17.9 Å². The first-order valence-corrected chi connectivity index (χ1v) is 9.27. The topological polar surface area (TPSA) is 111 Å². The van der Waals surface area contributed by atoms with Gasteiger partial charge in [-0.15, -0.1) is 0 Å². The number of esters is 1. The average Bonchev–Trinajstić information content (AvgIpc) is 2.60. The lowest BCUT2D eigenvalue weighted by Gasteiger charge is -2.16. The van der Waals surface area contributed by atoms with E-state index in [2.05, 4.69) is 10.2 Å². The van der Waals surface area contributed by atoms with Crippen molar-refractivity contribution >= 4 is 33.5 Å². The molecule has 0 radical (unpaired) electrons. The molecule has 0 bridgehead atoms. The second-order valence-electron chi connectivity index (χ2n) is 5.07. The van der Waals surface area contributed by atoms with Gasteiger partial charge in [0.25, 0.3) is 15.9 Å². The number of halogens is 1. The molecule has 0 heterocycles. The minimum atomic E-state index is -4.06. The first kappa shape index (κ1) is 22.3. The van der Waals surface area contributed by atoms with Crippen molar-refractivity contribution in [3.05, 3.63) is 28.8 Å². The number of carbonyl (C=O) groups is 2. The molecule has 0 saturated carbocycles. The fourth-order valence-electron chi connectivity index (χ4n) is 1.77. The molecule has 0 spiro atoms. The van der Waals surface area contributed by atoms with E-state index >= 15 is 0 Å². The first-order chi connectivity index (χ1) is 12.1. The number of nitrogens with one attached hydrogen (secondary N) is 1. The van der Waals surface area contributed by atoms with Crippen LogP contribution in [0, 0.1) is 0 Å². The third kappa shape index (κ3) is 5.64. The highest BCUT2D eigenvalue weighted by atomic mass is 35.5. The van der Waals surface area contributed by atoms with E-state index < -0.39 is 28.0 Å². The van der Waals surface area contributed by atoms with E-state index in [1.165, 1.54) is 40.3 Å². The predicted octanol–water partition coefficient (Wildman–Crippen LogP) is 0.830. The van der Waals surface area contributed by atoms with Crippen LogP contribution in [0.15, 0.2) is 23.1 Å². The third-order valence-corrected chi connectivity index (χ3v) is 5.46. The fourth-order valence-corrected chi connectivity index (χ4v) is 3.24. The summed E-state index contributed by atoms with van der Waals surface area (Å²) in [6.45, 7) is 1.98. The van der Waals surface area contributed by atoms with E-state index in [1.807, 2.05) is 0 Å². The van der Waals surface area contributed by atoms with Gasteiger partial charge in [0.1, 0.15) is 4.90 Å². The number of sulfonamides is 1. The molecular formula is C15H21ClN2O7S. The molecule has 1 aromatic rings. The van der Waals surface area contributed by atoms with Crippen LogP contribution >= 0.6 is 11.6 Å². The van der Waals surface area contributed by atoms with E-state index in [9.17, 15) is 18.0 Å². The average molecular weight is 409 g/mol. The number of methoxy groups -OCH3 is 1. The number of ether oxygens (including phenoxy) is 2. The lowest BCUT2D eigenvalue weighted by atomic mass is 10.2. The molecule has 1 rings (SSSR count). The SMILES string of the molecule is COCCNC(=O)[C@@H](C)OC(=O)c1ccc(Cl)c(S(=O)(=O)N(C)OC)c1. The minimum absolute atomic E-state index is 0.0750. The summed E-state index contributed by atoms with van der Waals surface area (Å²) >= 11 is 5.92. The Bertz CT molecular complexity index is 754. The van der Waals surface area contributed by atoms with E-state index in [1.54, 1.807) is 0 Å². The van der Waals surface area contributed by atoms with Crippen LogP contribution in [0.25, 0.3) is 0 Å². The van der Waals surface area contributed by atoms with Crippen LogP contribution in [-0.4, -0.2) is 65.3 Å². The van der Waals surface area contributed by atoms with E-state index in [0.717, 1.165) is 6.07 Å². The number of benzene rings is 1. The Morgan fingerprint density at radius 3 is 2.54 bits per heavy atom. The molecule has 0 aromatic heterocycles. The van der Waals surface area contributed by atoms with Gasteiger partial charge in [-0.3, -0.25) is 9.63 Å². The third-order valence-electron chi connectivity index (χ3n) is 3.30. The maximum Gasteiger partial charge on any atom is 0.338 e. The van der Waals surface area contributed by atoms with Gasteiger partial charge >= 0.3 is 5.97 Å². The summed E-state index contributed by atoms with van der Waals surface area (Å²) in [5.41, 5.74) is -0.0750. The Balaban J connectivity index is 2.94. The summed E-state index contributed by atoms with van der Waals surface area (Å²) in [6, 6.07) is 3.61. The van der Waals surface area contributed by atoms with Crippen LogP contribution in [0.2, 0.25) is 5.02 Å². The van der Waals surface area contributed by atoms with Gasteiger partial charge in [0, 0.05) is 20.7 Å². The molecule has 0 aliphatic rings. The largest absolute Gasteiger partial charge is 0.449 e. The molecule has 0 fully saturated rings. The van der Waals surface area contributed by atoms with Crippen LogP contribution in [0.4, 0.5) is 0 Å². The molecule has 1 N–H and O–H groups in total. The van der Waals surface area contributed by atoms with Crippen molar-refractivity contribution < 1.29 is 32.3 Å². The summed E-state index contributed by atoms with van der Waals surface area (Å²) in [6.07, 6.45) is -1.07. The summed E-state index contributed by atoms with van der Waals surface area (Å²) in [7, 11) is -0.211. The Morgan fingerprint density at radius 1 is 1.31 bits per heavy atom. The molecular weight excluding hydrogens is 388 g/mol. The number of hydroxylamine groups is 1. The molecule has 0 aliphatic heterocycles. The van der Waals surface area contributed by atoms with Gasteiger partial charge in [-0.2, -0.15) is 0 Å². The van der Waals surface area contributed by atoms with Gasteiger partial charge in [0.15, 0.2) is 6.10 Å². The van der Waals surface area contributed by atoms with Crippen LogP contribution in [0.3, 0.4) is 0 Å². The first-order valence-electron chi connectivity index (χ1n) is 7.45. The monoisotopic (exact) mass is 408 g/mol. The zero-order valence-corrected chi connectivity index (χ0v) is 16.4. The molecule has 0 unspecified atom stereocenters.